The van der Waals surface area contributed by atoms with Gasteiger partial charge >= 0.3 is 6.09 Å². The van der Waals surface area contributed by atoms with E-state index in [0.717, 1.165) is 19.1 Å². The minimum absolute atomic E-state index is 0.113. The highest BCUT2D eigenvalue weighted by molar-refractivity contribution is 7.92. The van der Waals surface area contributed by atoms with Gasteiger partial charge in [0.25, 0.3) is 0 Å². The third-order valence-electron chi connectivity index (χ3n) is 5.25. The average molecular weight is 433 g/mol. The molecule has 1 saturated carbocycles. The summed E-state index contributed by atoms with van der Waals surface area (Å²) in [5.41, 5.74) is 2.08. The quantitative estimate of drug-likeness (QED) is 0.763. The van der Waals surface area contributed by atoms with Gasteiger partial charge in [-0.25, -0.2) is 13.2 Å². The summed E-state index contributed by atoms with van der Waals surface area (Å²) >= 11 is 0. The first-order valence-electron chi connectivity index (χ1n) is 9.56. The molecule has 10 nitrogen and oxygen atoms in total. The molecule has 30 heavy (non-hydrogen) atoms. The van der Waals surface area contributed by atoms with Gasteiger partial charge in [-0.2, -0.15) is 5.10 Å². The lowest BCUT2D eigenvalue weighted by Crippen LogP contribution is -2.51. The molecule has 1 aromatic carbocycles. The molecule has 2 heterocycles. The Kier molecular flexibility index (Phi) is 4.72. The number of fused-ring (bicyclic) bond motifs is 1. The third-order valence-corrected chi connectivity index (χ3v) is 5.84. The Morgan fingerprint density at radius 1 is 1.23 bits per heavy atom. The number of carboxylic acid groups (broad SMARTS) is 1. The molecular weight excluding hydrogens is 410 g/mol. The molecule has 0 radical (unpaired) electrons. The molecule has 1 aliphatic carbocycles. The maximum atomic E-state index is 12.3. The Balaban J connectivity index is 1.93. The van der Waals surface area contributed by atoms with Crippen LogP contribution in [-0.2, 0) is 14.8 Å². The Morgan fingerprint density at radius 2 is 1.93 bits per heavy atom. The first-order valence-corrected chi connectivity index (χ1v) is 11.4. The molecule has 2 aromatic rings. The Labute approximate surface area is 174 Å². The van der Waals surface area contributed by atoms with E-state index in [9.17, 15) is 23.1 Å². The number of anilines is 3. The fourth-order valence-electron chi connectivity index (χ4n) is 3.87. The summed E-state index contributed by atoms with van der Waals surface area (Å²) in [5.74, 6) is -0.256. The van der Waals surface area contributed by atoms with E-state index < -0.39 is 22.2 Å². The van der Waals surface area contributed by atoms with Crippen molar-refractivity contribution in [2.75, 3.05) is 27.3 Å². The molecule has 1 aliphatic heterocycles. The number of aromatic nitrogens is 2. The van der Waals surface area contributed by atoms with Crippen molar-refractivity contribution in [3.05, 3.63) is 24.5 Å². The van der Waals surface area contributed by atoms with Gasteiger partial charge in [-0.15, -0.1) is 0 Å². The van der Waals surface area contributed by atoms with Crippen molar-refractivity contribution in [2.24, 2.45) is 0 Å². The lowest BCUT2D eigenvalue weighted by atomic mass is 10.0. The van der Waals surface area contributed by atoms with Crippen LogP contribution in [0.5, 0.6) is 0 Å². The summed E-state index contributed by atoms with van der Waals surface area (Å²) in [6, 6.07) is 3.06. The lowest BCUT2D eigenvalue weighted by molar-refractivity contribution is -0.117. The highest BCUT2D eigenvalue weighted by Crippen LogP contribution is 2.44. The summed E-state index contributed by atoms with van der Waals surface area (Å²) in [6.07, 6.45) is 5.43. The number of nitrogens with one attached hydrogen (secondary N) is 1. The van der Waals surface area contributed by atoms with Gasteiger partial charge < -0.3 is 10.0 Å². The van der Waals surface area contributed by atoms with E-state index in [1.165, 1.54) is 22.8 Å². The van der Waals surface area contributed by atoms with Crippen molar-refractivity contribution in [3.63, 3.8) is 0 Å². The van der Waals surface area contributed by atoms with Gasteiger partial charge in [0.2, 0.25) is 15.9 Å². The highest BCUT2D eigenvalue weighted by atomic mass is 32.2. The number of nitrogens with zero attached hydrogens (tertiary/aromatic N) is 4. The van der Waals surface area contributed by atoms with E-state index in [1.54, 1.807) is 19.2 Å². The molecule has 1 aromatic heterocycles. The van der Waals surface area contributed by atoms with E-state index in [-0.39, 0.29) is 18.1 Å². The van der Waals surface area contributed by atoms with Gasteiger partial charge in [0.15, 0.2) is 0 Å². The number of carbonyl (C=O) groups is 2. The van der Waals surface area contributed by atoms with Crippen molar-refractivity contribution in [1.29, 1.82) is 0 Å². The lowest BCUT2D eigenvalue weighted by Gasteiger charge is -2.40. The van der Waals surface area contributed by atoms with Gasteiger partial charge in [0.1, 0.15) is 0 Å². The van der Waals surface area contributed by atoms with Crippen molar-refractivity contribution >= 4 is 39.1 Å². The normalized spacial score (nSPS) is 18.8. The number of hydrogen-bond donors (Lipinski definition) is 2. The molecule has 0 unspecified atom stereocenters. The molecule has 2 N–H and O–H groups in total. The van der Waals surface area contributed by atoms with Crippen LogP contribution in [-0.4, -0.2) is 54.1 Å². The predicted molar refractivity (Wildman–Crippen MR) is 112 cm³/mol. The minimum atomic E-state index is -3.62. The zero-order chi connectivity index (χ0) is 21.8. The summed E-state index contributed by atoms with van der Waals surface area (Å²) in [4.78, 5) is 26.9. The molecule has 2 aliphatic rings. The fraction of sp³-hybridized carbons (Fsp3) is 0.421. The summed E-state index contributed by atoms with van der Waals surface area (Å²) < 4.78 is 28.4. The Bertz CT molecular complexity index is 1140. The molecular formula is C19H23N5O5S. The van der Waals surface area contributed by atoms with Crippen molar-refractivity contribution in [1.82, 2.24) is 9.78 Å². The molecule has 0 bridgehead atoms. The minimum Gasteiger partial charge on any atom is -0.465 e. The SMILES string of the molecule is CC(=O)N1c2cc(NS(C)(=O)=O)c(-c3cnn(C4CC4)c3)cc2N(C(=O)O)C[C@@H]1C. The zero-order valence-electron chi connectivity index (χ0n) is 16.9. The zero-order valence-corrected chi connectivity index (χ0v) is 17.7. The molecule has 2 amide bonds. The van der Waals surface area contributed by atoms with Crippen molar-refractivity contribution in [2.45, 2.75) is 38.8 Å². The van der Waals surface area contributed by atoms with Crippen molar-refractivity contribution < 1.29 is 23.1 Å². The van der Waals surface area contributed by atoms with Crippen LogP contribution in [0, 0.1) is 0 Å². The molecule has 0 spiro atoms. The largest absolute Gasteiger partial charge is 0.465 e. The van der Waals surface area contributed by atoms with Crippen LogP contribution in [0.1, 0.15) is 32.7 Å². The van der Waals surface area contributed by atoms with Crippen LogP contribution >= 0.6 is 0 Å². The maximum absolute atomic E-state index is 12.3. The highest BCUT2D eigenvalue weighted by Gasteiger charge is 2.35. The molecule has 1 fully saturated rings. The smallest absolute Gasteiger partial charge is 0.411 e. The number of carbonyl (C=O) groups excluding carboxylic acids is 1. The van der Waals surface area contributed by atoms with Gasteiger partial charge in [-0.3, -0.25) is 19.1 Å². The number of hydrogen-bond acceptors (Lipinski definition) is 5. The summed E-state index contributed by atoms with van der Waals surface area (Å²) in [5, 5.41) is 14.1. The van der Waals surface area contributed by atoms with Crippen LogP contribution in [0.4, 0.5) is 21.9 Å². The van der Waals surface area contributed by atoms with E-state index in [1.807, 2.05) is 10.9 Å². The molecule has 160 valence electrons. The van der Waals surface area contributed by atoms with Crippen molar-refractivity contribution in [3.8, 4) is 11.1 Å². The average Bonchev–Trinajstić information content (AvgIpc) is 3.36. The van der Waals surface area contributed by atoms with E-state index in [2.05, 4.69) is 9.82 Å². The van der Waals surface area contributed by atoms with E-state index >= 15 is 0 Å². The first kappa shape index (κ1) is 20.2. The van der Waals surface area contributed by atoms with E-state index in [4.69, 9.17) is 0 Å². The second-order valence-corrected chi connectivity index (χ2v) is 9.58. The standard InChI is InChI=1S/C19H23N5O5S/c1-11-9-22(19(26)27)17-6-15(13-8-20-23(10-13)14-4-5-14)16(21-30(3,28)29)7-18(17)24(11)12(2)25/h6-8,10-11,14,21H,4-5,9H2,1-3H3,(H,26,27)/t11-/m0/s1. The molecule has 1 atom stereocenters. The number of sulfonamides is 1. The first-order chi connectivity index (χ1) is 14.0. The molecule has 11 heteroatoms. The van der Waals surface area contributed by atoms with Gasteiger partial charge in [-0.05, 0) is 31.9 Å². The van der Waals surface area contributed by atoms with Crippen LogP contribution in [0.15, 0.2) is 24.5 Å². The molecule has 0 saturated heterocycles. The monoisotopic (exact) mass is 433 g/mol. The topological polar surface area (TPSA) is 125 Å². The Morgan fingerprint density at radius 3 is 2.50 bits per heavy atom. The second-order valence-electron chi connectivity index (χ2n) is 7.83. The van der Waals surface area contributed by atoms with E-state index in [0.29, 0.717) is 28.5 Å². The van der Waals surface area contributed by atoms with Crippen LogP contribution in [0.3, 0.4) is 0 Å². The van der Waals surface area contributed by atoms with Crippen LogP contribution in [0.25, 0.3) is 11.1 Å². The van der Waals surface area contributed by atoms with Gasteiger partial charge in [0, 0.05) is 30.8 Å². The van der Waals surface area contributed by atoms with Gasteiger partial charge in [-0.1, -0.05) is 0 Å². The fourth-order valence-corrected chi connectivity index (χ4v) is 4.44. The number of amides is 2. The number of benzene rings is 1. The van der Waals surface area contributed by atoms with Crippen LogP contribution < -0.4 is 14.5 Å². The predicted octanol–water partition coefficient (Wildman–Crippen LogP) is 2.50. The third kappa shape index (κ3) is 3.72. The second kappa shape index (κ2) is 7.01. The maximum Gasteiger partial charge on any atom is 0.411 e. The summed E-state index contributed by atoms with van der Waals surface area (Å²) in [7, 11) is -3.62. The molecule has 4 rings (SSSR count). The summed E-state index contributed by atoms with van der Waals surface area (Å²) in [6.45, 7) is 3.26. The number of rotatable bonds is 4. The van der Waals surface area contributed by atoms with Gasteiger partial charge in [0.05, 0.1) is 41.6 Å². The van der Waals surface area contributed by atoms with Crippen LogP contribution in [0.2, 0.25) is 0 Å². The Hall–Kier alpha value is -3.08.